The molecule has 0 fully saturated rings. The van der Waals surface area contributed by atoms with Crippen LogP contribution in [0.3, 0.4) is 0 Å². The number of thiazole rings is 1. The molecule has 8 heteroatoms. The number of carbonyl (C=O) groups is 1. The fraction of sp³-hybridized carbons (Fsp3) is 0.188. The van der Waals surface area contributed by atoms with E-state index in [2.05, 4.69) is 33.6 Å². The first-order chi connectivity index (χ1) is 11.1. The summed E-state index contributed by atoms with van der Waals surface area (Å²) in [4.78, 5) is 23.3. The Morgan fingerprint density at radius 1 is 1.21 bits per heavy atom. The normalized spacial score (nSPS) is 10.1. The molecular weight excluding hydrogens is 364 g/mol. The Labute approximate surface area is 154 Å². The SMILES string of the molecule is CC(=O)NCc1ccc(-c2nc(Nc3ccccn3)sc2C)s1.Cl. The number of carbonyl (C=O) groups excluding carboxylic acids is 1. The number of amides is 1. The monoisotopic (exact) mass is 380 g/mol. The summed E-state index contributed by atoms with van der Waals surface area (Å²) in [6.07, 6.45) is 1.75. The van der Waals surface area contributed by atoms with E-state index < -0.39 is 0 Å². The molecule has 126 valence electrons. The van der Waals surface area contributed by atoms with Crippen molar-refractivity contribution >= 4 is 51.9 Å². The molecule has 3 heterocycles. The van der Waals surface area contributed by atoms with Gasteiger partial charge in [0.2, 0.25) is 5.91 Å². The second kappa shape index (κ2) is 8.23. The topological polar surface area (TPSA) is 66.9 Å². The maximum Gasteiger partial charge on any atom is 0.217 e. The van der Waals surface area contributed by atoms with Crippen molar-refractivity contribution in [1.29, 1.82) is 0 Å². The molecule has 0 atom stereocenters. The van der Waals surface area contributed by atoms with Crippen LogP contribution >= 0.6 is 35.1 Å². The van der Waals surface area contributed by atoms with Crippen molar-refractivity contribution in [1.82, 2.24) is 15.3 Å². The first-order valence-electron chi connectivity index (χ1n) is 7.11. The molecule has 0 spiro atoms. The van der Waals surface area contributed by atoms with Crippen molar-refractivity contribution in [3.8, 4) is 10.6 Å². The van der Waals surface area contributed by atoms with Crippen LogP contribution in [-0.2, 0) is 11.3 Å². The van der Waals surface area contributed by atoms with E-state index in [1.807, 2.05) is 24.3 Å². The van der Waals surface area contributed by atoms with Gasteiger partial charge in [-0.15, -0.1) is 35.1 Å². The maximum atomic E-state index is 11.0. The molecule has 0 aliphatic rings. The minimum absolute atomic E-state index is 0. The van der Waals surface area contributed by atoms with Crippen molar-refractivity contribution in [3.63, 3.8) is 0 Å². The van der Waals surface area contributed by atoms with Gasteiger partial charge in [-0.05, 0) is 31.2 Å². The van der Waals surface area contributed by atoms with Crippen LogP contribution < -0.4 is 10.6 Å². The molecule has 24 heavy (non-hydrogen) atoms. The number of aromatic nitrogens is 2. The predicted molar refractivity (Wildman–Crippen MR) is 102 cm³/mol. The highest BCUT2D eigenvalue weighted by atomic mass is 35.5. The Kier molecular flexibility index (Phi) is 6.30. The van der Waals surface area contributed by atoms with Gasteiger partial charge in [-0.25, -0.2) is 9.97 Å². The van der Waals surface area contributed by atoms with Gasteiger partial charge in [0.15, 0.2) is 5.13 Å². The number of rotatable bonds is 5. The van der Waals surface area contributed by atoms with Crippen molar-refractivity contribution in [2.24, 2.45) is 0 Å². The number of pyridine rings is 1. The molecule has 1 amide bonds. The average molecular weight is 381 g/mol. The van der Waals surface area contributed by atoms with E-state index in [-0.39, 0.29) is 18.3 Å². The maximum absolute atomic E-state index is 11.0. The minimum Gasteiger partial charge on any atom is -0.351 e. The van der Waals surface area contributed by atoms with Gasteiger partial charge in [0, 0.05) is 22.9 Å². The van der Waals surface area contributed by atoms with Crippen molar-refractivity contribution < 1.29 is 4.79 Å². The molecule has 3 aromatic heterocycles. The van der Waals surface area contributed by atoms with E-state index in [1.54, 1.807) is 28.9 Å². The third kappa shape index (κ3) is 4.53. The van der Waals surface area contributed by atoms with E-state index in [9.17, 15) is 4.79 Å². The van der Waals surface area contributed by atoms with Gasteiger partial charge >= 0.3 is 0 Å². The summed E-state index contributed by atoms with van der Waals surface area (Å²) in [5.74, 6) is 0.761. The van der Waals surface area contributed by atoms with Crippen LogP contribution in [0.4, 0.5) is 10.9 Å². The van der Waals surface area contributed by atoms with Gasteiger partial charge in [-0.1, -0.05) is 6.07 Å². The molecule has 2 N–H and O–H groups in total. The zero-order valence-corrected chi connectivity index (χ0v) is 15.6. The first kappa shape index (κ1) is 18.4. The number of hydrogen-bond acceptors (Lipinski definition) is 6. The summed E-state index contributed by atoms with van der Waals surface area (Å²) < 4.78 is 0. The molecule has 0 saturated heterocycles. The summed E-state index contributed by atoms with van der Waals surface area (Å²) in [5.41, 5.74) is 0.979. The lowest BCUT2D eigenvalue weighted by Crippen LogP contribution is -2.17. The third-order valence-electron chi connectivity index (χ3n) is 3.10. The molecule has 0 unspecified atom stereocenters. The summed E-state index contributed by atoms with van der Waals surface area (Å²) >= 11 is 3.25. The molecule has 0 aromatic carbocycles. The van der Waals surface area contributed by atoms with Crippen LogP contribution in [0.1, 0.15) is 16.7 Å². The van der Waals surface area contributed by atoms with Crippen molar-refractivity contribution in [3.05, 3.63) is 46.3 Å². The lowest BCUT2D eigenvalue weighted by Gasteiger charge is -1.99. The highest BCUT2D eigenvalue weighted by molar-refractivity contribution is 7.18. The third-order valence-corrected chi connectivity index (χ3v) is 5.08. The van der Waals surface area contributed by atoms with E-state index in [0.717, 1.165) is 31.3 Å². The van der Waals surface area contributed by atoms with Gasteiger partial charge in [-0.3, -0.25) is 4.79 Å². The van der Waals surface area contributed by atoms with Crippen molar-refractivity contribution in [2.45, 2.75) is 20.4 Å². The number of hydrogen-bond donors (Lipinski definition) is 2. The van der Waals surface area contributed by atoms with E-state index in [0.29, 0.717) is 6.54 Å². The summed E-state index contributed by atoms with van der Waals surface area (Å²) in [6.45, 7) is 4.14. The number of thiophene rings is 1. The fourth-order valence-electron chi connectivity index (χ4n) is 2.04. The quantitative estimate of drug-likeness (QED) is 0.689. The van der Waals surface area contributed by atoms with Gasteiger partial charge in [0.05, 0.1) is 17.1 Å². The zero-order valence-electron chi connectivity index (χ0n) is 13.2. The van der Waals surface area contributed by atoms with Crippen LogP contribution in [0.5, 0.6) is 0 Å². The van der Waals surface area contributed by atoms with Crippen LogP contribution in [-0.4, -0.2) is 15.9 Å². The molecule has 3 aromatic rings. The molecule has 0 aliphatic heterocycles. The average Bonchev–Trinajstić information content (AvgIpc) is 3.13. The lowest BCUT2D eigenvalue weighted by molar-refractivity contribution is -0.119. The van der Waals surface area contributed by atoms with E-state index in [1.165, 1.54) is 6.92 Å². The number of anilines is 2. The van der Waals surface area contributed by atoms with Crippen molar-refractivity contribution in [2.75, 3.05) is 5.32 Å². The smallest absolute Gasteiger partial charge is 0.217 e. The molecule has 5 nitrogen and oxygen atoms in total. The number of aryl methyl sites for hydroxylation is 1. The van der Waals surface area contributed by atoms with Crippen LogP contribution in [0, 0.1) is 6.92 Å². The highest BCUT2D eigenvalue weighted by Gasteiger charge is 2.12. The largest absolute Gasteiger partial charge is 0.351 e. The fourth-order valence-corrected chi connectivity index (χ4v) is 3.93. The number of nitrogens with one attached hydrogen (secondary N) is 2. The van der Waals surface area contributed by atoms with Gasteiger partial charge in [0.25, 0.3) is 0 Å². The Hall–Kier alpha value is -1.96. The molecule has 3 rings (SSSR count). The Morgan fingerprint density at radius 3 is 2.75 bits per heavy atom. The molecule has 0 radical (unpaired) electrons. The summed E-state index contributed by atoms with van der Waals surface area (Å²) in [5, 5.41) is 6.86. The minimum atomic E-state index is -0.0216. The van der Waals surface area contributed by atoms with E-state index >= 15 is 0 Å². The molecule has 0 aliphatic carbocycles. The van der Waals surface area contributed by atoms with Crippen LogP contribution in [0.2, 0.25) is 0 Å². The Balaban J connectivity index is 0.00000208. The predicted octanol–water partition coefficient (Wildman–Crippen LogP) is 4.38. The lowest BCUT2D eigenvalue weighted by atomic mass is 10.3. The molecule has 0 bridgehead atoms. The molecule has 0 saturated carbocycles. The van der Waals surface area contributed by atoms with Crippen LogP contribution in [0.25, 0.3) is 10.6 Å². The number of halogens is 1. The van der Waals surface area contributed by atoms with Crippen LogP contribution in [0.15, 0.2) is 36.5 Å². The van der Waals surface area contributed by atoms with E-state index in [4.69, 9.17) is 0 Å². The standard InChI is InChI=1S/C16H16N4OS2.ClH/c1-10-15(13-7-6-12(23-13)9-18-11(2)21)20-16(22-10)19-14-5-3-4-8-17-14;/h3-8H,9H2,1-2H3,(H,18,21)(H,17,19,20);1H. The number of nitrogens with zero attached hydrogens (tertiary/aromatic N) is 2. The van der Waals surface area contributed by atoms with Gasteiger partial charge in [0.1, 0.15) is 5.82 Å². The second-order valence-electron chi connectivity index (χ2n) is 4.94. The Morgan fingerprint density at radius 2 is 2.04 bits per heavy atom. The van der Waals surface area contributed by atoms with Gasteiger partial charge < -0.3 is 10.6 Å². The highest BCUT2D eigenvalue weighted by Crippen LogP contribution is 2.35. The summed E-state index contributed by atoms with van der Waals surface area (Å²) in [6, 6.07) is 9.80. The zero-order chi connectivity index (χ0) is 16.2. The Bertz CT molecular complexity index is 817. The first-order valence-corrected chi connectivity index (χ1v) is 8.74. The summed E-state index contributed by atoms with van der Waals surface area (Å²) in [7, 11) is 0. The van der Waals surface area contributed by atoms with Gasteiger partial charge in [-0.2, -0.15) is 0 Å². The molecular formula is C16H17ClN4OS2. The second-order valence-corrected chi connectivity index (χ2v) is 7.31.